The van der Waals surface area contributed by atoms with Gasteiger partial charge in [0, 0.05) is 40.5 Å². The van der Waals surface area contributed by atoms with Crippen molar-refractivity contribution in [2.24, 2.45) is 5.41 Å². The molecule has 3 aliphatic rings. The van der Waals surface area contributed by atoms with Crippen molar-refractivity contribution in [3.63, 3.8) is 0 Å². The van der Waals surface area contributed by atoms with Crippen molar-refractivity contribution in [2.75, 3.05) is 19.1 Å². The van der Waals surface area contributed by atoms with Crippen molar-refractivity contribution in [3.8, 4) is 17.6 Å². The minimum atomic E-state index is -0.416. The number of para-hydroxylation sites is 1. The van der Waals surface area contributed by atoms with Crippen LogP contribution in [-0.2, 0) is 22.4 Å². The van der Waals surface area contributed by atoms with Crippen molar-refractivity contribution >= 4 is 28.0 Å². The Morgan fingerprint density at radius 3 is 2.58 bits per heavy atom. The zero-order valence-corrected chi connectivity index (χ0v) is 22.2. The molecule has 0 N–H and O–H groups in total. The van der Waals surface area contributed by atoms with E-state index in [0.29, 0.717) is 40.5 Å². The first-order valence-electron chi connectivity index (χ1n) is 12.6. The maximum absolute atomic E-state index is 14.0. The summed E-state index contributed by atoms with van der Waals surface area (Å²) in [6.45, 7) is 4.14. The maximum atomic E-state index is 14.0. The van der Waals surface area contributed by atoms with Gasteiger partial charge in [-0.25, -0.2) is 0 Å². The zero-order chi connectivity index (χ0) is 25.6. The van der Waals surface area contributed by atoms with Gasteiger partial charge in [-0.15, -0.1) is 11.3 Å². The van der Waals surface area contributed by atoms with E-state index in [4.69, 9.17) is 9.47 Å². The molecule has 1 aromatic heterocycles. The van der Waals surface area contributed by atoms with E-state index in [9.17, 15) is 14.9 Å². The number of ether oxygens (including phenoxy) is 2. The molecule has 7 heteroatoms. The van der Waals surface area contributed by atoms with Crippen molar-refractivity contribution in [3.05, 3.63) is 51.0 Å². The molecule has 1 amide bonds. The first kappa shape index (κ1) is 24.6. The molecule has 1 unspecified atom stereocenters. The Morgan fingerprint density at radius 1 is 1.08 bits per heavy atom. The molecule has 36 heavy (non-hydrogen) atoms. The van der Waals surface area contributed by atoms with Gasteiger partial charge in [0.05, 0.1) is 19.8 Å². The number of aryl methyl sites for hydroxylation is 1. The van der Waals surface area contributed by atoms with Gasteiger partial charge in [0.15, 0.2) is 17.3 Å². The standard InChI is InChI=1S/C29H32N2O4S/c1-29(2)14-21-26(22(32)15-29)19(18-10-8-11-23(34-3)27(18)35-4)13-25(33)31(21)28-20(16-30)17-9-6-5-7-12-24(17)36-28/h8,10-11,19H,5-7,9,12-15H2,1-4H3. The Bertz CT molecular complexity index is 1310. The first-order chi connectivity index (χ1) is 17.3. The fraction of sp³-hybridized carbons (Fsp3) is 0.483. The highest BCUT2D eigenvalue weighted by Crippen LogP contribution is 2.52. The number of nitrogens with zero attached hydrogens (tertiary/aromatic N) is 2. The van der Waals surface area contributed by atoms with Crippen LogP contribution in [-0.4, -0.2) is 25.9 Å². The quantitative estimate of drug-likeness (QED) is 0.472. The highest BCUT2D eigenvalue weighted by Gasteiger charge is 2.46. The molecular formula is C29H32N2O4S. The molecule has 0 fully saturated rings. The third-order valence-electron chi connectivity index (χ3n) is 7.67. The molecule has 5 rings (SSSR count). The molecule has 1 aliphatic heterocycles. The molecule has 0 saturated heterocycles. The minimum Gasteiger partial charge on any atom is -0.493 e. The average molecular weight is 505 g/mol. The van der Waals surface area contributed by atoms with E-state index in [1.807, 2.05) is 18.2 Å². The predicted molar refractivity (Wildman–Crippen MR) is 140 cm³/mol. The van der Waals surface area contributed by atoms with Gasteiger partial charge in [-0.1, -0.05) is 32.4 Å². The molecule has 188 valence electrons. The van der Waals surface area contributed by atoms with Crippen LogP contribution in [0.25, 0.3) is 0 Å². The first-order valence-corrected chi connectivity index (χ1v) is 13.5. The lowest BCUT2D eigenvalue weighted by atomic mass is 9.69. The van der Waals surface area contributed by atoms with Crippen LogP contribution < -0.4 is 14.4 Å². The molecule has 6 nitrogen and oxygen atoms in total. The predicted octanol–water partition coefficient (Wildman–Crippen LogP) is 6.07. The molecule has 0 radical (unpaired) electrons. The molecule has 2 aromatic rings. The normalized spacial score (nSPS) is 21.4. The second kappa shape index (κ2) is 9.40. The van der Waals surface area contributed by atoms with E-state index < -0.39 is 5.92 Å². The Balaban J connectivity index is 1.72. The minimum absolute atomic E-state index is 0.0604. The van der Waals surface area contributed by atoms with Gasteiger partial charge >= 0.3 is 0 Å². The summed E-state index contributed by atoms with van der Waals surface area (Å²) in [7, 11) is 3.16. The second-order valence-electron chi connectivity index (χ2n) is 10.7. The number of nitriles is 1. The van der Waals surface area contributed by atoms with E-state index >= 15 is 0 Å². The van der Waals surface area contributed by atoms with E-state index in [-0.39, 0.29) is 23.5 Å². The summed E-state index contributed by atoms with van der Waals surface area (Å²) in [6, 6.07) is 8.03. The summed E-state index contributed by atoms with van der Waals surface area (Å²) in [5, 5.41) is 10.9. The summed E-state index contributed by atoms with van der Waals surface area (Å²) in [5.74, 6) is 0.689. The van der Waals surface area contributed by atoms with Gasteiger partial charge in [0.2, 0.25) is 5.91 Å². The monoisotopic (exact) mass is 504 g/mol. The number of rotatable bonds is 4. The van der Waals surface area contributed by atoms with Crippen molar-refractivity contribution in [2.45, 2.75) is 71.1 Å². The van der Waals surface area contributed by atoms with E-state index in [1.165, 1.54) is 4.88 Å². The van der Waals surface area contributed by atoms with Crippen LogP contribution in [0.4, 0.5) is 5.00 Å². The smallest absolute Gasteiger partial charge is 0.232 e. The lowest BCUT2D eigenvalue weighted by Gasteiger charge is -2.42. The molecule has 1 atom stereocenters. The largest absolute Gasteiger partial charge is 0.493 e. The Morgan fingerprint density at radius 2 is 1.86 bits per heavy atom. The van der Waals surface area contributed by atoms with Gasteiger partial charge in [0.1, 0.15) is 11.1 Å². The summed E-state index contributed by atoms with van der Waals surface area (Å²) in [6.07, 6.45) is 6.28. The number of methoxy groups -OCH3 is 2. The summed E-state index contributed by atoms with van der Waals surface area (Å²) < 4.78 is 11.2. The number of hydrogen-bond donors (Lipinski definition) is 0. The van der Waals surface area contributed by atoms with Crippen molar-refractivity contribution in [1.82, 2.24) is 0 Å². The maximum Gasteiger partial charge on any atom is 0.232 e. The molecule has 0 bridgehead atoms. The number of Topliss-reactive ketones (excluding diaryl/α,β-unsaturated/α-hetero) is 1. The SMILES string of the molecule is COc1cccc(C2CC(=O)N(c3sc4c(c3C#N)CCCCC4)C3=C2C(=O)CC(C)(C)C3)c1OC. The van der Waals surface area contributed by atoms with Crippen LogP contribution in [0.2, 0.25) is 0 Å². The lowest BCUT2D eigenvalue weighted by Crippen LogP contribution is -2.43. The van der Waals surface area contributed by atoms with Crippen molar-refractivity contribution < 1.29 is 19.1 Å². The van der Waals surface area contributed by atoms with Gasteiger partial charge in [-0.2, -0.15) is 5.26 Å². The Labute approximate surface area is 216 Å². The van der Waals surface area contributed by atoms with Crippen LogP contribution in [0.15, 0.2) is 29.5 Å². The highest BCUT2D eigenvalue weighted by molar-refractivity contribution is 7.16. The zero-order valence-electron chi connectivity index (χ0n) is 21.4. The average Bonchev–Trinajstić information content (AvgIpc) is 3.01. The summed E-state index contributed by atoms with van der Waals surface area (Å²) >= 11 is 1.57. The summed E-state index contributed by atoms with van der Waals surface area (Å²) in [4.78, 5) is 30.6. The summed E-state index contributed by atoms with van der Waals surface area (Å²) in [5.41, 5.74) is 3.64. The number of fused-ring (bicyclic) bond motifs is 1. The number of hydrogen-bond acceptors (Lipinski definition) is 6. The molecule has 2 heterocycles. The Kier molecular flexibility index (Phi) is 6.42. The number of carbonyl (C=O) groups is 2. The number of amides is 1. The third kappa shape index (κ3) is 4.02. The lowest BCUT2D eigenvalue weighted by molar-refractivity contribution is -0.120. The molecule has 0 saturated carbocycles. The second-order valence-corrected chi connectivity index (χ2v) is 11.8. The van der Waals surface area contributed by atoms with Gasteiger partial charge < -0.3 is 9.47 Å². The molecular weight excluding hydrogens is 472 g/mol. The van der Waals surface area contributed by atoms with Crippen LogP contribution in [0.3, 0.4) is 0 Å². The van der Waals surface area contributed by atoms with Gasteiger partial charge in [-0.3, -0.25) is 14.5 Å². The number of benzene rings is 1. The van der Waals surface area contributed by atoms with E-state index in [1.54, 1.807) is 30.5 Å². The highest BCUT2D eigenvalue weighted by atomic mass is 32.1. The van der Waals surface area contributed by atoms with E-state index in [0.717, 1.165) is 48.9 Å². The van der Waals surface area contributed by atoms with Crippen LogP contribution in [0.1, 0.15) is 79.9 Å². The Hall–Kier alpha value is -3.11. The number of allylic oxidation sites excluding steroid dienone is 2. The van der Waals surface area contributed by atoms with Crippen LogP contribution >= 0.6 is 11.3 Å². The van der Waals surface area contributed by atoms with Crippen LogP contribution in [0.5, 0.6) is 11.5 Å². The number of ketones is 1. The number of carbonyl (C=O) groups excluding carboxylic acids is 2. The van der Waals surface area contributed by atoms with Gasteiger partial charge in [-0.05, 0) is 49.1 Å². The van der Waals surface area contributed by atoms with Crippen LogP contribution in [0, 0.1) is 16.7 Å². The molecule has 2 aliphatic carbocycles. The fourth-order valence-electron chi connectivity index (χ4n) is 6.10. The fourth-order valence-corrected chi connectivity index (χ4v) is 7.49. The molecule has 0 spiro atoms. The molecule has 1 aromatic carbocycles. The van der Waals surface area contributed by atoms with Gasteiger partial charge in [0.25, 0.3) is 0 Å². The van der Waals surface area contributed by atoms with Crippen molar-refractivity contribution in [1.29, 1.82) is 5.26 Å². The van der Waals surface area contributed by atoms with E-state index in [2.05, 4.69) is 19.9 Å². The number of thiophene rings is 1. The third-order valence-corrected chi connectivity index (χ3v) is 8.95. The number of anilines is 1. The topological polar surface area (TPSA) is 79.6 Å².